The van der Waals surface area contributed by atoms with Gasteiger partial charge in [0.05, 0.1) is 22.9 Å². The summed E-state index contributed by atoms with van der Waals surface area (Å²) in [5.74, 6) is 1.28. The highest BCUT2D eigenvalue weighted by molar-refractivity contribution is 7.83. The van der Waals surface area contributed by atoms with Gasteiger partial charge in [-0.05, 0) is 37.6 Å². The molecule has 1 N–H and O–H groups in total. The Hall–Kier alpha value is -2.73. The molecule has 1 aliphatic heterocycles. The van der Waals surface area contributed by atoms with Crippen LogP contribution in [0.2, 0.25) is 0 Å². The Balaban J connectivity index is 1.77. The minimum Gasteiger partial charge on any atom is -0.306 e. The van der Waals surface area contributed by atoms with Crippen molar-refractivity contribution in [3.8, 4) is 5.69 Å². The van der Waals surface area contributed by atoms with Crippen LogP contribution in [0.1, 0.15) is 32.7 Å². The van der Waals surface area contributed by atoms with Gasteiger partial charge in [0, 0.05) is 21.9 Å². The number of aromatic nitrogens is 2. The van der Waals surface area contributed by atoms with Crippen molar-refractivity contribution >= 4 is 22.5 Å². The van der Waals surface area contributed by atoms with E-state index in [1.165, 1.54) is 0 Å². The molecule has 5 nitrogen and oxygen atoms in total. The van der Waals surface area contributed by atoms with Gasteiger partial charge >= 0.3 is 0 Å². The fourth-order valence-corrected chi connectivity index (χ4v) is 4.40. The zero-order chi connectivity index (χ0) is 18.3. The molecule has 132 valence electrons. The molecule has 0 aliphatic carbocycles. The maximum Gasteiger partial charge on any atom is 0.257 e. The Morgan fingerprint density at radius 1 is 1.08 bits per heavy atom. The van der Waals surface area contributed by atoms with Gasteiger partial charge in [-0.1, -0.05) is 35.9 Å². The molecule has 0 saturated carbocycles. The third-order valence-electron chi connectivity index (χ3n) is 4.57. The fraction of sp³-hybridized carbons (Fsp3) is 0.200. The normalized spacial score (nSPS) is 15.7. The van der Waals surface area contributed by atoms with E-state index in [0.717, 1.165) is 28.1 Å². The first kappa shape index (κ1) is 16.7. The first-order valence-corrected chi connectivity index (χ1v) is 9.91. The number of nitrogens with one attached hydrogen (secondary N) is 1. The SMILES string of the molecule is Cc1ccc(-n2nc3c(c2NC(=O)c2ccccc2C)C[S@](=O)C3)cc1. The molecule has 0 fully saturated rings. The lowest BCUT2D eigenvalue weighted by Crippen LogP contribution is -2.17. The second-order valence-electron chi connectivity index (χ2n) is 6.52. The molecule has 0 spiro atoms. The van der Waals surface area contributed by atoms with Crippen LogP contribution in [0.3, 0.4) is 0 Å². The summed E-state index contributed by atoms with van der Waals surface area (Å²) in [5.41, 5.74) is 5.22. The summed E-state index contributed by atoms with van der Waals surface area (Å²) in [5, 5.41) is 7.63. The number of hydrogen-bond acceptors (Lipinski definition) is 3. The van der Waals surface area contributed by atoms with Crippen LogP contribution in [0.15, 0.2) is 48.5 Å². The number of carbonyl (C=O) groups is 1. The van der Waals surface area contributed by atoms with Crippen LogP contribution in [-0.4, -0.2) is 19.9 Å². The number of amides is 1. The van der Waals surface area contributed by atoms with Gasteiger partial charge < -0.3 is 5.32 Å². The predicted molar refractivity (Wildman–Crippen MR) is 103 cm³/mol. The van der Waals surface area contributed by atoms with Crippen molar-refractivity contribution in [3.05, 3.63) is 76.5 Å². The van der Waals surface area contributed by atoms with Crippen molar-refractivity contribution < 1.29 is 9.00 Å². The number of aryl methyl sites for hydroxylation is 2. The summed E-state index contributed by atoms with van der Waals surface area (Å²) < 4.78 is 13.7. The van der Waals surface area contributed by atoms with Crippen LogP contribution in [0.25, 0.3) is 5.69 Å². The Morgan fingerprint density at radius 2 is 1.81 bits per heavy atom. The fourth-order valence-electron chi connectivity index (χ4n) is 3.13. The van der Waals surface area contributed by atoms with E-state index in [-0.39, 0.29) is 5.91 Å². The number of carbonyl (C=O) groups excluding carboxylic acids is 1. The molecule has 6 heteroatoms. The largest absolute Gasteiger partial charge is 0.306 e. The van der Waals surface area contributed by atoms with E-state index in [9.17, 15) is 9.00 Å². The number of rotatable bonds is 3. The molecule has 4 rings (SSSR count). The molecular formula is C20H19N3O2S. The highest BCUT2D eigenvalue weighted by atomic mass is 32.2. The van der Waals surface area contributed by atoms with E-state index in [1.807, 2.05) is 56.3 Å². The summed E-state index contributed by atoms with van der Waals surface area (Å²) in [7, 11) is -0.958. The molecule has 26 heavy (non-hydrogen) atoms. The van der Waals surface area contributed by atoms with Crippen molar-refractivity contribution in [1.82, 2.24) is 9.78 Å². The number of nitrogens with zero attached hydrogens (tertiary/aromatic N) is 2. The lowest BCUT2D eigenvalue weighted by atomic mass is 10.1. The molecule has 1 aliphatic rings. The molecule has 1 atom stereocenters. The van der Waals surface area contributed by atoms with Gasteiger partial charge in [0.15, 0.2) is 0 Å². The molecule has 1 aromatic heterocycles. The number of anilines is 1. The van der Waals surface area contributed by atoms with E-state index in [4.69, 9.17) is 0 Å². The van der Waals surface area contributed by atoms with Crippen molar-refractivity contribution in [1.29, 1.82) is 0 Å². The van der Waals surface area contributed by atoms with Crippen LogP contribution >= 0.6 is 0 Å². The van der Waals surface area contributed by atoms with Gasteiger partial charge in [-0.2, -0.15) is 5.10 Å². The molecule has 2 aromatic carbocycles. The van der Waals surface area contributed by atoms with Gasteiger partial charge in [-0.3, -0.25) is 9.00 Å². The Morgan fingerprint density at radius 3 is 2.54 bits per heavy atom. The van der Waals surface area contributed by atoms with E-state index in [1.54, 1.807) is 10.7 Å². The summed E-state index contributed by atoms with van der Waals surface area (Å²) in [6, 6.07) is 15.4. The predicted octanol–water partition coefficient (Wildman–Crippen LogP) is 3.50. The van der Waals surface area contributed by atoms with E-state index >= 15 is 0 Å². The Kier molecular flexibility index (Phi) is 4.20. The summed E-state index contributed by atoms with van der Waals surface area (Å²) in [4.78, 5) is 12.8. The average Bonchev–Trinajstić information content (AvgIpc) is 3.13. The van der Waals surface area contributed by atoms with E-state index in [2.05, 4.69) is 10.4 Å². The molecule has 0 unspecified atom stereocenters. The van der Waals surface area contributed by atoms with Crippen LogP contribution < -0.4 is 5.32 Å². The standard InChI is InChI=1S/C20H19N3O2S/c1-13-7-9-15(10-8-13)23-19(17-11-26(25)12-18(17)22-23)21-20(24)16-6-4-3-5-14(16)2/h3-10H,11-12H2,1-2H3,(H,21,24)/t26-/m0/s1. The van der Waals surface area contributed by atoms with Crippen LogP contribution in [0.4, 0.5) is 5.82 Å². The molecule has 2 heterocycles. The molecule has 1 amide bonds. The number of hydrogen-bond donors (Lipinski definition) is 1. The van der Waals surface area contributed by atoms with Gasteiger partial charge in [-0.15, -0.1) is 0 Å². The maximum absolute atomic E-state index is 12.8. The topological polar surface area (TPSA) is 64.0 Å². The van der Waals surface area contributed by atoms with Crippen LogP contribution in [0.5, 0.6) is 0 Å². The average molecular weight is 365 g/mol. The van der Waals surface area contributed by atoms with Crippen molar-refractivity contribution in [2.75, 3.05) is 5.32 Å². The molecule has 0 radical (unpaired) electrons. The quantitative estimate of drug-likeness (QED) is 0.773. The third kappa shape index (κ3) is 2.97. The summed E-state index contributed by atoms with van der Waals surface area (Å²) in [6.45, 7) is 3.93. The third-order valence-corrected chi connectivity index (χ3v) is 5.78. The summed E-state index contributed by atoms with van der Waals surface area (Å²) in [6.07, 6.45) is 0. The zero-order valence-corrected chi connectivity index (χ0v) is 15.5. The molecular weight excluding hydrogens is 346 g/mol. The smallest absolute Gasteiger partial charge is 0.257 e. The van der Waals surface area contributed by atoms with Crippen LogP contribution in [-0.2, 0) is 22.3 Å². The van der Waals surface area contributed by atoms with Gasteiger partial charge in [0.25, 0.3) is 5.91 Å². The highest BCUT2D eigenvalue weighted by Crippen LogP contribution is 2.31. The second-order valence-corrected chi connectivity index (χ2v) is 7.98. The molecule has 0 bridgehead atoms. The van der Waals surface area contributed by atoms with Gasteiger partial charge in [0.1, 0.15) is 5.82 Å². The number of benzene rings is 2. The minimum absolute atomic E-state index is 0.183. The Labute approximate surface area is 154 Å². The van der Waals surface area contributed by atoms with Gasteiger partial charge in [0.2, 0.25) is 0 Å². The van der Waals surface area contributed by atoms with E-state index < -0.39 is 10.8 Å². The first-order valence-electron chi connectivity index (χ1n) is 8.42. The van der Waals surface area contributed by atoms with Crippen molar-refractivity contribution in [3.63, 3.8) is 0 Å². The van der Waals surface area contributed by atoms with E-state index in [0.29, 0.717) is 22.9 Å². The van der Waals surface area contributed by atoms with Crippen molar-refractivity contribution in [2.45, 2.75) is 25.4 Å². The van der Waals surface area contributed by atoms with Gasteiger partial charge in [-0.25, -0.2) is 4.68 Å². The highest BCUT2D eigenvalue weighted by Gasteiger charge is 2.28. The zero-order valence-electron chi connectivity index (χ0n) is 14.7. The summed E-state index contributed by atoms with van der Waals surface area (Å²) >= 11 is 0. The minimum atomic E-state index is -0.958. The van der Waals surface area contributed by atoms with Crippen molar-refractivity contribution in [2.24, 2.45) is 0 Å². The van der Waals surface area contributed by atoms with Crippen LogP contribution in [0, 0.1) is 13.8 Å². The monoisotopic (exact) mass is 365 g/mol. The second kappa shape index (κ2) is 6.53. The number of fused-ring (bicyclic) bond motifs is 1. The first-order chi connectivity index (χ1) is 12.5. The lowest BCUT2D eigenvalue weighted by Gasteiger charge is -2.12. The Bertz CT molecular complexity index is 1020. The lowest BCUT2D eigenvalue weighted by molar-refractivity contribution is 0.102. The maximum atomic E-state index is 12.8. The molecule has 0 saturated heterocycles. The molecule has 3 aromatic rings.